The highest BCUT2D eigenvalue weighted by Gasteiger charge is 2.32. The lowest BCUT2D eigenvalue weighted by molar-refractivity contribution is 0.0602. The number of imidazole rings is 1. The summed E-state index contributed by atoms with van der Waals surface area (Å²) in [6.07, 6.45) is 1.14. The summed E-state index contributed by atoms with van der Waals surface area (Å²) >= 11 is 0. The summed E-state index contributed by atoms with van der Waals surface area (Å²) in [5.74, 6) is 0.614. The number of benzene rings is 2. The van der Waals surface area contributed by atoms with Gasteiger partial charge in [-0.05, 0) is 42.3 Å². The molecule has 0 radical (unpaired) electrons. The van der Waals surface area contributed by atoms with Gasteiger partial charge in [-0.15, -0.1) is 0 Å². The first-order valence-corrected chi connectivity index (χ1v) is 9.64. The normalized spacial score (nSPS) is 13.6. The fourth-order valence-electron chi connectivity index (χ4n) is 3.71. The minimum atomic E-state index is -0.247. The first-order chi connectivity index (χ1) is 14.5. The molecule has 1 aliphatic heterocycles. The number of nitrogens with one attached hydrogen (secondary N) is 2. The van der Waals surface area contributed by atoms with Crippen molar-refractivity contribution in [2.75, 3.05) is 13.1 Å². The summed E-state index contributed by atoms with van der Waals surface area (Å²) in [5, 5.41) is 25.8. The highest BCUT2D eigenvalue weighted by molar-refractivity contribution is 5.97. The Morgan fingerprint density at radius 2 is 2.07 bits per heavy atom. The number of aryl methyl sites for hydroxylation is 1. The molecule has 3 N–H and O–H groups in total. The Morgan fingerprint density at radius 1 is 1.33 bits per heavy atom. The number of aliphatic hydroxyl groups is 1. The molecule has 4 rings (SSSR count). The van der Waals surface area contributed by atoms with Crippen LogP contribution in [0.4, 0.5) is 0 Å². The van der Waals surface area contributed by atoms with E-state index in [-0.39, 0.29) is 18.4 Å². The molecule has 0 atom stereocenters. The zero-order valence-corrected chi connectivity index (χ0v) is 16.5. The van der Waals surface area contributed by atoms with Gasteiger partial charge in [-0.3, -0.25) is 4.79 Å². The van der Waals surface area contributed by atoms with E-state index in [0.717, 1.165) is 22.9 Å². The molecule has 3 aromatic rings. The van der Waals surface area contributed by atoms with E-state index in [4.69, 9.17) is 10.7 Å². The Hall–Kier alpha value is -3.76. The Balaban J connectivity index is 1.53. The van der Waals surface area contributed by atoms with E-state index >= 15 is 0 Å². The van der Waals surface area contributed by atoms with Crippen LogP contribution in [-0.4, -0.2) is 45.2 Å². The molecule has 7 nitrogen and oxygen atoms in total. The Kier molecular flexibility index (Phi) is 5.17. The lowest BCUT2D eigenvalue weighted by Crippen LogP contribution is -2.48. The number of hydrogen-bond acceptors (Lipinski definition) is 5. The third-order valence-corrected chi connectivity index (χ3v) is 5.50. The van der Waals surface area contributed by atoms with Crippen molar-refractivity contribution in [3.05, 3.63) is 76.2 Å². The summed E-state index contributed by atoms with van der Waals surface area (Å²) in [6, 6.07) is 15.1. The summed E-state index contributed by atoms with van der Waals surface area (Å²) in [7, 11) is 0. The van der Waals surface area contributed by atoms with E-state index in [1.165, 1.54) is 0 Å². The number of amides is 1. The zero-order valence-electron chi connectivity index (χ0n) is 16.5. The molecule has 1 aliphatic rings. The van der Waals surface area contributed by atoms with Crippen LogP contribution in [0.5, 0.6) is 0 Å². The van der Waals surface area contributed by atoms with Gasteiger partial charge in [0, 0.05) is 36.3 Å². The molecule has 1 amide bonds. The van der Waals surface area contributed by atoms with Crippen LogP contribution in [0.2, 0.25) is 0 Å². The van der Waals surface area contributed by atoms with E-state index < -0.39 is 0 Å². The molecule has 150 valence electrons. The number of carbonyl (C=O) groups excluding carboxylic acids is 1. The fraction of sp³-hybridized carbons (Fsp3) is 0.217. The minimum Gasteiger partial charge on any atom is -0.388 e. The third kappa shape index (κ3) is 3.49. The minimum absolute atomic E-state index is 0.0422. The van der Waals surface area contributed by atoms with Gasteiger partial charge >= 0.3 is 0 Å². The van der Waals surface area contributed by atoms with E-state index in [1.54, 1.807) is 17.0 Å². The number of H-pyrrole nitrogens is 1. The molecular weight excluding hydrogens is 378 g/mol. The van der Waals surface area contributed by atoms with E-state index in [0.29, 0.717) is 41.4 Å². The molecule has 0 unspecified atom stereocenters. The van der Waals surface area contributed by atoms with Crippen LogP contribution in [-0.2, 0) is 6.61 Å². The second-order valence-corrected chi connectivity index (χ2v) is 7.42. The number of carbonyl (C=O) groups is 1. The van der Waals surface area contributed by atoms with Gasteiger partial charge in [0.2, 0.25) is 0 Å². The SMILES string of the molecule is Cc1ccc(C(=O)N2CC(c3ccc(C#N)cc3)C2)cc1-c1[nH]c(CO)nc1C=N. The molecule has 7 heteroatoms. The highest BCUT2D eigenvalue weighted by atomic mass is 16.3. The summed E-state index contributed by atoms with van der Waals surface area (Å²) in [4.78, 5) is 22.0. The second-order valence-electron chi connectivity index (χ2n) is 7.42. The number of aromatic amines is 1. The first-order valence-electron chi connectivity index (χ1n) is 9.64. The molecule has 30 heavy (non-hydrogen) atoms. The molecule has 1 fully saturated rings. The van der Waals surface area contributed by atoms with Crippen LogP contribution in [0.3, 0.4) is 0 Å². The Bertz CT molecular complexity index is 1150. The molecule has 0 spiro atoms. The van der Waals surface area contributed by atoms with Gasteiger partial charge in [-0.25, -0.2) is 4.98 Å². The van der Waals surface area contributed by atoms with Crippen molar-refractivity contribution < 1.29 is 9.90 Å². The van der Waals surface area contributed by atoms with Crippen molar-refractivity contribution in [1.82, 2.24) is 14.9 Å². The largest absolute Gasteiger partial charge is 0.388 e. The van der Waals surface area contributed by atoms with Crippen LogP contribution in [0.25, 0.3) is 11.3 Å². The maximum atomic E-state index is 13.0. The molecule has 1 saturated heterocycles. The standard InChI is InChI=1S/C23H21N5O2/c1-14-2-5-17(8-19(14)22-20(10-25)26-21(13-29)27-22)23(30)28-11-18(12-28)16-6-3-15(9-24)4-7-16/h2-8,10,18,25,29H,11-13H2,1H3,(H,26,27). The number of aromatic nitrogens is 2. The van der Waals surface area contributed by atoms with Crippen LogP contribution in [0.15, 0.2) is 42.5 Å². The first kappa shape index (κ1) is 19.6. The van der Waals surface area contributed by atoms with Crippen LogP contribution in [0, 0.1) is 23.7 Å². The molecule has 2 heterocycles. The topological polar surface area (TPSA) is 117 Å². The van der Waals surface area contributed by atoms with Crippen molar-refractivity contribution in [1.29, 1.82) is 10.7 Å². The Morgan fingerprint density at radius 3 is 2.70 bits per heavy atom. The van der Waals surface area contributed by atoms with Gasteiger partial charge < -0.3 is 20.4 Å². The molecule has 1 aromatic heterocycles. The lowest BCUT2D eigenvalue weighted by atomic mass is 9.90. The van der Waals surface area contributed by atoms with E-state index in [2.05, 4.69) is 16.0 Å². The number of aliphatic hydroxyl groups excluding tert-OH is 1. The number of rotatable bonds is 5. The van der Waals surface area contributed by atoms with Crippen molar-refractivity contribution in [2.24, 2.45) is 0 Å². The van der Waals surface area contributed by atoms with Gasteiger partial charge in [-0.1, -0.05) is 18.2 Å². The van der Waals surface area contributed by atoms with Crippen molar-refractivity contribution in [2.45, 2.75) is 19.4 Å². The summed E-state index contributed by atoms with van der Waals surface area (Å²) < 4.78 is 0. The number of nitrogens with zero attached hydrogens (tertiary/aromatic N) is 3. The Labute approximate surface area is 174 Å². The fourth-order valence-corrected chi connectivity index (χ4v) is 3.71. The van der Waals surface area contributed by atoms with E-state index in [1.807, 2.05) is 37.3 Å². The molecule has 0 bridgehead atoms. The lowest BCUT2D eigenvalue weighted by Gasteiger charge is -2.39. The maximum Gasteiger partial charge on any atom is 0.253 e. The third-order valence-electron chi connectivity index (χ3n) is 5.50. The zero-order chi connectivity index (χ0) is 21.3. The predicted octanol–water partition coefficient (Wildman–Crippen LogP) is 2.99. The number of hydrogen-bond donors (Lipinski definition) is 3. The second kappa shape index (κ2) is 7.93. The number of likely N-dealkylation sites (tertiary alicyclic amines) is 1. The molecule has 2 aromatic carbocycles. The quantitative estimate of drug-likeness (QED) is 0.572. The van der Waals surface area contributed by atoms with Crippen molar-refractivity contribution >= 4 is 12.1 Å². The van der Waals surface area contributed by atoms with Crippen LogP contribution >= 0.6 is 0 Å². The number of nitriles is 1. The molecule has 0 aliphatic carbocycles. The monoisotopic (exact) mass is 399 g/mol. The van der Waals surface area contributed by atoms with E-state index in [9.17, 15) is 9.90 Å². The smallest absolute Gasteiger partial charge is 0.253 e. The average Bonchev–Trinajstić information content (AvgIpc) is 3.17. The van der Waals surface area contributed by atoms with Crippen molar-refractivity contribution in [3.8, 4) is 17.3 Å². The van der Waals surface area contributed by atoms with Gasteiger partial charge in [0.1, 0.15) is 18.1 Å². The molecule has 0 saturated carbocycles. The van der Waals surface area contributed by atoms with Gasteiger partial charge in [-0.2, -0.15) is 5.26 Å². The summed E-state index contributed by atoms with van der Waals surface area (Å²) in [5.41, 5.74) is 5.12. The highest BCUT2D eigenvalue weighted by Crippen LogP contribution is 2.31. The molecular formula is C23H21N5O2. The van der Waals surface area contributed by atoms with Crippen LogP contribution in [0.1, 0.15) is 44.5 Å². The van der Waals surface area contributed by atoms with Crippen molar-refractivity contribution in [3.63, 3.8) is 0 Å². The predicted molar refractivity (Wildman–Crippen MR) is 112 cm³/mol. The van der Waals surface area contributed by atoms with Crippen LogP contribution < -0.4 is 0 Å². The van der Waals surface area contributed by atoms with Gasteiger partial charge in [0.15, 0.2) is 0 Å². The average molecular weight is 399 g/mol. The van der Waals surface area contributed by atoms with Gasteiger partial charge in [0.05, 0.1) is 17.3 Å². The van der Waals surface area contributed by atoms with Gasteiger partial charge in [0.25, 0.3) is 5.91 Å². The maximum absolute atomic E-state index is 13.0. The summed E-state index contributed by atoms with van der Waals surface area (Å²) in [6.45, 7) is 2.96.